The molecule has 0 bridgehead atoms. The molecule has 0 aromatic rings. The van der Waals surface area contributed by atoms with Crippen molar-refractivity contribution in [2.24, 2.45) is 0 Å². The molecule has 1 unspecified atom stereocenters. The van der Waals surface area contributed by atoms with Crippen LogP contribution in [-0.4, -0.2) is 48.9 Å². The van der Waals surface area contributed by atoms with Crippen LogP contribution in [0.4, 0.5) is 4.79 Å². The zero-order chi connectivity index (χ0) is 11.8. The second-order valence-electron chi connectivity index (χ2n) is 3.29. The minimum absolute atomic E-state index is 0.0448. The van der Waals surface area contributed by atoms with E-state index in [1.165, 1.54) is 4.90 Å². The molecule has 0 spiro atoms. The molecule has 1 atom stereocenters. The van der Waals surface area contributed by atoms with Gasteiger partial charge in [-0.3, -0.25) is 4.79 Å². The van der Waals surface area contributed by atoms with E-state index in [9.17, 15) is 9.59 Å². The normalized spacial score (nSPS) is 11.7. The van der Waals surface area contributed by atoms with Crippen molar-refractivity contribution < 1.29 is 9.59 Å². The monoisotopic (exact) mass is 279 g/mol. The molecule has 0 aliphatic heterocycles. The summed E-state index contributed by atoms with van der Waals surface area (Å²) >= 11 is 3.24. The van der Waals surface area contributed by atoms with Gasteiger partial charge in [-0.05, 0) is 6.42 Å². The fraction of sp³-hybridized carbons (Fsp3) is 0.778. The number of nitrogens with zero attached hydrogens (tertiary/aromatic N) is 1. The van der Waals surface area contributed by atoms with Crippen LogP contribution in [0.15, 0.2) is 0 Å². The Balaban J connectivity index is 3.55. The molecule has 0 aromatic carbocycles. The lowest BCUT2D eigenvalue weighted by molar-refractivity contribution is -0.120. The molecule has 88 valence electrons. The largest absolute Gasteiger partial charge is 0.353 e. The van der Waals surface area contributed by atoms with Crippen LogP contribution in [0.3, 0.4) is 0 Å². The molecular weight excluding hydrogens is 262 g/mol. The average Bonchev–Trinajstić information content (AvgIpc) is 2.22. The van der Waals surface area contributed by atoms with Gasteiger partial charge in [0.05, 0.1) is 4.83 Å². The minimum Gasteiger partial charge on any atom is -0.353 e. The van der Waals surface area contributed by atoms with Crippen LogP contribution < -0.4 is 10.6 Å². The van der Waals surface area contributed by atoms with Crippen LogP contribution in [0, 0.1) is 0 Å². The summed E-state index contributed by atoms with van der Waals surface area (Å²) in [5.41, 5.74) is 0. The molecule has 0 heterocycles. The molecule has 0 saturated heterocycles. The summed E-state index contributed by atoms with van der Waals surface area (Å²) in [5.74, 6) is -0.0448. The van der Waals surface area contributed by atoms with E-state index in [1.807, 2.05) is 6.92 Å². The number of halogens is 1. The van der Waals surface area contributed by atoms with Crippen LogP contribution in [0.2, 0.25) is 0 Å². The molecular formula is C9H18BrN3O2. The van der Waals surface area contributed by atoms with Crippen LogP contribution in [0.1, 0.15) is 13.3 Å². The van der Waals surface area contributed by atoms with E-state index < -0.39 is 0 Å². The van der Waals surface area contributed by atoms with Gasteiger partial charge in [0, 0.05) is 27.2 Å². The number of rotatable bonds is 5. The van der Waals surface area contributed by atoms with Crippen molar-refractivity contribution in [1.82, 2.24) is 15.5 Å². The Morgan fingerprint density at radius 3 is 2.27 bits per heavy atom. The number of carbonyl (C=O) groups is 2. The van der Waals surface area contributed by atoms with E-state index in [-0.39, 0.29) is 16.8 Å². The molecule has 5 nitrogen and oxygen atoms in total. The Morgan fingerprint density at radius 2 is 1.80 bits per heavy atom. The first-order valence-electron chi connectivity index (χ1n) is 4.86. The van der Waals surface area contributed by atoms with Crippen LogP contribution in [-0.2, 0) is 4.79 Å². The number of amides is 3. The fourth-order valence-corrected chi connectivity index (χ4v) is 0.971. The lowest BCUT2D eigenvalue weighted by Gasteiger charge is -2.13. The van der Waals surface area contributed by atoms with E-state index in [1.54, 1.807) is 14.1 Å². The smallest absolute Gasteiger partial charge is 0.316 e. The Bertz CT molecular complexity index is 221. The van der Waals surface area contributed by atoms with E-state index in [2.05, 4.69) is 26.6 Å². The molecule has 0 saturated carbocycles. The Kier molecular flexibility index (Phi) is 7.11. The van der Waals surface area contributed by atoms with Gasteiger partial charge in [-0.25, -0.2) is 4.79 Å². The summed E-state index contributed by atoms with van der Waals surface area (Å²) in [6, 6.07) is -0.157. The zero-order valence-corrected chi connectivity index (χ0v) is 10.9. The Hall–Kier alpha value is -0.780. The lowest BCUT2D eigenvalue weighted by atomic mass is 10.3. The molecule has 0 fully saturated rings. The van der Waals surface area contributed by atoms with Gasteiger partial charge in [-0.15, -0.1) is 0 Å². The predicted octanol–water partition coefficient (Wildman–Crippen LogP) is 0.547. The van der Waals surface area contributed by atoms with E-state index >= 15 is 0 Å². The van der Waals surface area contributed by atoms with Crippen molar-refractivity contribution in [1.29, 1.82) is 0 Å². The topological polar surface area (TPSA) is 61.4 Å². The molecule has 0 aromatic heterocycles. The van der Waals surface area contributed by atoms with Crippen LogP contribution >= 0.6 is 15.9 Å². The van der Waals surface area contributed by atoms with Gasteiger partial charge in [0.25, 0.3) is 0 Å². The summed E-state index contributed by atoms with van der Waals surface area (Å²) < 4.78 is 0. The third-order valence-electron chi connectivity index (χ3n) is 1.75. The minimum atomic E-state index is -0.157. The van der Waals surface area contributed by atoms with E-state index in [0.717, 1.165) is 6.42 Å². The molecule has 2 N–H and O–H groups in total. The second-order valence-corrected chi connectivity index (χ2v) is 4.40. The van der Waals surface area contributed by atoms with Crippen molar-refractivity contribution >= 4 is 27.9 Å². The second kappa shape index (κ2) is 7.50. The highest BCUT2D eigenvalue weighted by atomic mass is 79.9. The van der Waals surface area contributed by atoms with Crippen LogP contribution in [0.5, 0.6) is 0 Å². The zero-order valence-electron chi connectivity index (χ0n) is 9.34. The third kappa shape index (κ3) is 6.33. The fourth-order valence-electron chi connectivity index (χ4n) is 0.809. The standard InChI is InChI=1S/C9H18BrN3O2/c1-4-7(10)8(14)11-5-6-12-9(15)13(2)3/h7H,4-6H2,1-3H3,(H,11,14)(H,12,15). The number of urea groups is 1. The molecule has 0 radical (unpaired) electrons. The van der Waals surface area contributed by atoms with E-state index in [0.29, 0.717) is 13.1 Å². The van der Waals surface area contributed by atoms with Gasteiger partial charge >= 0.3 is 6.03 Å². The Labute approximate surface area is 98.7 Å². The van der Waals surface area contributed by atoms with Crippen LogP contribution in [0.25, 0.3) is 0 Å². The first kappa shape index (κ1) is 14.2. The molecule has 0 rings (SSSR count). The maximum absolute atomic E-state index is 11.3. The highest BCUT2D eigenvalue weighted by Crippen LogP contribution is 2.02. The molecule has 0 aliphatic rings. The van der Waals surface area contributed by atoms with Gasteiger partial charge in [-0.1, -0.05) is 22.9 Å². The van der Waals surface area contributed by atoms with Crippen molar-refractivity contribution in [3.8, 4) is 0 Å². The number of alkyl halides is 1. The van der Waals surface area contributed by atoms with Crippen molar-refractivity contribution in [2.75, 3.05) is 27.2 Å². The summed E-state index contributed by atoms with van der Waals surface area (Å²) in [6.45, 7) is 2.81. The summed E-state index contributed by atoms with van der Waals surface area (Å²) in [5, 5.41) is 5.36. The van der Waals surface area contributed by atoms with Gasteiger partial charge in [-0.2, -0.15) is 0 Å². The highest BCUT2D eigenvalue weighted by molar-refractivity contribution is 9.10. The van der Waals surface area contributed by atoms with Gasteiger partial charge < -0.3 is 15.5 Å². The highest BCUT2D eigenvalue weighted by Gasteiger charge is 2.10. The maximum atomic E-state index is 11.3. The van der Waals surface area contributed by atoms with Gasteiger partial charge in [0.15, 0.2) is 0 Å². The lowest BCUT2D eigenvalue weighted by Crippen LogP contribution is -2.41. The summed E-state index contributed by atoms with van der Waals surface area (Å²) in [7, 11) is 3.33. The SMILES string of the molecule is CCC(Br)C(=O)NCCNC(=O)N(C)C. The summed E-state index contributed by atoms with van der Waals surface area (Å²) in [4.78, 5) is 23.6. The number of hydrogen-bond acceptors (Lipinski definition) is 2. The maximum Gasteiger partial charge on any atom is 0.316 e. The van der Waals surface area contributed by atoms with Crippen molar-refractivity contribution in [3.05, 3.63) is 0 Å². The van der Waals surface area contributed by atoms with Gasteiger partial charge in [0.1, 0.15) is 0 Å². The predicted molar refractivity (Wildman–Crippen MR) is 63.1 cm³/mol. The van der Waals surface area contributed by atoms with Gasteiger partial charge in [0.2, 0.25) is 5.91 Å². The average molecular weight is 280 g/mol. The molecule has 3 amide bonds. The first-order chi connectivity index (χ1) is 6.99. The summed E-state index contributed by atoms with van der Waals surface area (Å²) in [6.07, 6.45) is 0.746. The third-order valence-corrected chi connectivity index (χ3v) is 2.81. The number of nitrogens with one attached hydrogen (secondary N) is 2. The van der Waals surface area contributed by atoms with Crippen molar-refractivity contribution in [2.45, 2.75) is 18.2 Å². The van der Waals surface area contributed by atoms with E-state index in [4.69, 9.17) is 0 Å². The molecule has 6 heteroatoms. The Morgan fingerprint density at radius 1 is 1.27 bits per heavy atom. The molecule has 0 aliphatic carbocycles. The van der Waals surface area contributed by atoms with Crippen molar-refractivity contribution in [3.63, 3.8) is 0 Å². The number of hydrogen-bond donors (Lipinski definition) is 2. The molecule has 15 heavy (non-hydrogen) atoms. The number of carbonyl (C=O) groups excluding carboxylic acids is 2. The quantitative estimate of drug-likeness (QED) is 0.570. The first-order valence-corrected chi connectivity index (χ1v) is 5.77.